The van der Waals surface area contributed by atoms with E-state index in [1.54, 1.807) is 14.2 Å². The van der Waals surface area contributed by atoms with Crippen molar-refractivity contribution in [2.45, 2.75) is 50.8 Å². The molecular weight excluding hydrogens is 454 g/mol. The van der Waals surface area contributed by atoms with E-state index in [0.29, 0.717) is 18.0 Å². The number of ether oxygens (including phenoxy) is 2. The molecule has 0 aliphatic carbocycles. The monoisotopic (exact) mass is 491 g/mol. The molecule has 5 nitrogen and oxygen atoms in total. The molecule has 3 aromatic rings. The molecule has 0 amide bonds. The average Bonchev–Trinajstić information content (AvgIpc) is 2.87. The number of rotatable bonds is 7. The molecule has 0 radical (unpaired) electrons. The van der Waals surface area contributed by atoms with Gasteiger partial charge in [0, 0.05) is 6.54 Å². The number of nitrogens with zero attached hydrogens (tertiary/aromatic N) is 1. The lowest BCUT2D eigenvalue weighted by Gasteiger charge is -2.48. The third kappa shape index (κ3) is 4.89. The van der Waals surface area contributed by atoms with Gasteiger partial charge >= 0.3 is 0 Å². The normalized spacial score (nSPS) is 19.4. The lowest BCUT2D eigenvalue weighted by atomic mass is 9.94. The van der Waals surface area contributed by atoms with Gasteiger partial charge in [-0.05, 0) is 45.9 Å². The maximum atomic E-state index is 11.1. The molecule has 35 heavy (non-hydrogen) atoms. The third-order valence-corrected chi connectivity index (χ3v) is 12.1. The van der Waals surface area contributed by atoms with Crippen molar-refractivity contribution in [2.24, 2.45) is 0 Å². The smallest absolute Gasteiger partial charge is 0.261 e. The Kier molecular flexibility index (Phi) is 7.67. The van der Waals surface area contributed by atoms with Gasteiger partial charge in [0.25, 0.3) is 8.32 Å². The van der Waals surface area contributed by atoms with E-state index in [-0.39, 0.29) is 17.2 Å². The molecule has 0 unspecified atom stereocenters. The van der Waals surface area contributed by atoms with Crippen LogP contribution in [0.25, 0.3) is 0 Å². The lowest BCUT2D eigenvalue weighted by molar-refractivity contribution is -0.173. The second-order valence-electron chi connectivity index (χ2n) is 10.2. The van der Waals surface area contributed by atoms with E-state index in [9.17, 15) is 5.21 Å². The van der Waals surface area contributed by atoms with E-state index in [0.717, 1.165) is 18.4 Å². The highest BCUT2D eigenvalue weighted by atomic mass is 28.4. The van der Waals surface area contributed by atoms with Gasteiger partial charge in [0.2, 0.25) is 0 Å². The van der Waals surface area contributed by atoms with Gasteiger partial charge < -0.3 is 19.1 Å². The van der Waals surface area contributed by atoms with E-state index in [1.165, 1.54) is 15.4 Å². The standard InChI is InChI=1S/C29H37NO4Si/c1-29(2,3)35(23-13-8-6-9-14-23,24-15-10-7-11-16-24)34-26-17-12-20-30(31)28(26)22-18-19-25(32-4)27(21-22)33-5/h6-11,13-16,18-19,21,26,28,31H,12,17,20H2,1-5H3/t26-,28+/m0/s1. The van der Waals surface area contributed by atoms with Crippen LogP contribution in [0.15, 0.2) is 78.9 Å². The number of benzene rings is 3. The molecule has 3 aromatic carbocycles. The van der Waals surface area contributed by atoms with Crippen LogP contribution >= 0.6 is 0 Å². The van der Waals surface area contributed by atoms with Gasteiger partial charge in [-0.1, -0.05) is 87.5 Å². The maximum Gasteiger partial charge on any atom is 0.261 e. The summed E-state index contributed by atoms with van der Waals surface area (Å²) >= 11 is 0. The van der Waals surface area contributed by atoms with Gasteiger partial charge in [0.15, 0.2) is 11.5 Å². The van der Waals surface area contributed by atoms with E-state index in [4.69, 9.17) is 13.9 Å². The van der Waals surface area contributed by atoms with Crippen LogP contribution in [0.3, 0.4) is 0 Å². The Morgan fingerprint density at radius 2 is 1.40 bits per heavy atom. The number of hydrogen-bond donors (Lipinski definition) is 1. The van der Waals surface area contributed by atoms with Crippen LogP contribution in [-0.2, 0) is 4.43 Å². The summed E-state index contributed by atoms with van der Waals surface area (Å²) in [6.07, 6.45) is 1.53. The lowest BCUT2D eigenvalue weighted by Crippen LogP contribution is -2.68. The van der Waals surface area contributed by atoms with Gasteiger partial charge in [0.05, 0.1) is 26.4 Å². The summed E-state index contributed by atoms with van der Waals surface area (Å²) in [6, 6.07) is 26.9. The van der Waals surface area contributed by atoms with E-state index in [1.807, 2.05) is 18.2 Å². The Hall–Kier alpha value is -2.64. The van der Waals surface area contributed by atoms with Crippen molar-refractivity contribution < 1.29 is 19.1 Å². The minimum absolute atomic E-state index is 0.143. The summed E-state index contributed by atoms with van der Waals surface area (Å²) in [4.78, 5) is 0. The van der Waals surface area contributed by atoms with Crippen LogP contribution in [-0.4, -0.2) is 45.5 Å². The van der Waals surface area contributed by atoms with Crippen LogP contribution in [0.1, 0.15) is 45.2 Å². The number of hydroxylamine groups is 2. The Balaban J connectivity index is 1.85. The molecule has 0 bridgehead atoms. The molecule has 0 aromatic heterocycles. The summed E-state index contributed by atoms with van der Waals surface area (Å²) in [7, 11) is 0.490. The van der Waals surface area contributed by atoms with Crippen molar-refractivity contribution in [1.29, 1.82) is 0 Å². The van der Waals surface area contributed by atoms with E-state index < -0.39 is 8.32 Å². The molecule has 4 rings (SSSR count). The second-order valence-corrected chi connectivity index (χ2v) is 14.4. The zero-order valence-corrected chi connectivity index (χ0v) is 22.4. The Morgan fingerprint density at radius 3 is 1.91 bits per heavy atom. The molecule has 2 atom stereocenters. The molecule has 6 heteroatoms. The zero-order chi connectivity index (χ0) is 25.1. The fraction of sp³-hybridized carbons (Fsp3) is 0.379. The van der Waals surface area contributed by atoms with Crippen LogP contribution in [0, 0.1) is 0 Å². The highest BCUT2D eigenvalue weighted by molar-refractivity contribution is 6.99. The van der Waals surface area contributed by atoms with Crippen molar-refractivity contribution >= 4 is 18.7 Å². The minimum Gasteiger partial charge on any atom is -0.493 e. The summed E-state index contributed by atoms with van der Waals surface area (Å²) in [5, 5.41) is 14.9. The van der Waals surface area contributed by atoms with Crippen LogP contribution in [0.5, 0.6) is 11.5 Å². The highest BCUT2D eigenvalue weighted by Crippen LogP contribution is 2.43. The molecule has 1 fully saturated rings. The SMILES string of the molecule is COc1ccc([C@@H]2[C@@H](O[Si](c3ccccc3)(c3ccccc3)C(C)(C)C)CCCN2O)cc1OC. The largest absolute Gasteiger partial charge is 0.493 e. The summed E-state index contributed by atoms with van der Waals surface area (Å²) in [5.41, 5.74) is 0.952. The van der Waals surface area contributed by atoms with Crippen LogP contribution < -0.4 is 19.8 Å². The van der Waals surface area contributed by atoms with Gasteiger partial charge in [0.1, 0.15) is 0 Å². The van der Waals surface area contributed by atoms with Gasteiger partial charge in [-0.25, -0.2) is 0 Å². The zero-order valence-electron chi connectivity index (χ0n) is 21.4. The molecule has 1 heterocycles. The third-order valence-electron chi connectivity index (χ3n) is 7.04. The summed E-state index contributed by atoms with van der Waals surface area (Å²) in [5.74, 6) is 1.31. The Labute approximate surface area is 210 Å². The van der Waals surface area contributed by atoms with E-state index in [2.05, 4.69) is 81.4 Å². The first-order valence-corrected chi connectivity index (χ1v) is 14.2. The predicted octanol–water partition coefficient (Wildman–Crippen LogP) is 5.18. The highest BCUT2D eigenvalue weighted by Gasteiger charge is 2.53. The molecule has 1 saturated heterocycles. The molecule has 1 N–H and O–H groups in total. The average molecular weight is 492 g/mol. The molecular formula is C29H37NO4Si. The first kappa shape index (κ1) is 25.4. The first-order chi connectivity index (χ1) is 16.8. The molecule has 1 aliphatic rings. The fourth-order valence-electron chi connectivity index (χ4n) is 5.41. The van der Waals surface area contributed by atoms with Crippen molar-refractivity contribution in [3.8, 4) is 11.5 Å². The van der Waals surface area contributed by atoms with Gasteiger partial charge in [-0.15, -0.1) is 0 Å². The number of methoxy groups -OCH3 is 2. The number of hydrogen-bond acceptors (Lipinski definition) is 5. The van der Waals surface area contributed by atoms with Crippen LogP contribution in [0.2, 0.25) is 5.04 Å². The summed E-state index contributed by atoms with van der Waals surface area (Å²) in [6.45, 7) is 7.44. The molecule has 0 saturated carbocycles. The quantitative estimate of drug-likeness (QED) is 0.462. The molecule has 1 aliphatic heterocycles. The van der Waals surface area contributed by atoms with Crippen molar-refractivity contribution in [2.75, 3.05) is 20.8 Å². The number of piperidine rings is 1. The fourth-order valence-corrected chi connectivity index (χ4v) is 10.1. The second kappa shape index (κ2) is 10.5. The Bertz CT molecular complexity index is 1060. The van der Waals surface area contributed by atoms with Crippen molar-refractivity contribution in [3.05, 3.63) is 84.4 Å². The van der Waals surface area contributed by atoms with Crippen molar-refractivity contribution in [3.63, 3.8) is 0 Å². The van der Waals surface area contributed by atoms with Gasteiger partial charge in [-0.3, -0.25) is 0 Å². The van der Waals surface area contributed by atoms with Crippen LogP contribution in [0.4, 0.5) is 0 Å². The van der Waals surface area contributed by atoms with E-state index >= 15 is 0 Å². The Morgan fingerprint density at radius 1 is 0.829 bits per heavy atom. The minimum atomic E-state index is -2.77. The van der Waals surface area contributed by atoms with Gasteiger partial charge in [-0.2, -0.15) is 5.06 Å². The molecule has 0 spiro atoms. The summed E-state index contributed by atoms with van der Waals surface area (Å²) < 4.78 is 18.5. The topological polar surface area (TPSA) is 51.2 Å². The maximum absolute atomic E-state index is 11.1. The molecule has 186 valence electrons. The van der Waals surface area contributed by atoms with Crippen molar-refractivity contribution in [1.82, 2.24) is 5.06 Å². The first-order valence-electron chi connectivity index (χ1n) is 12.3. The predicted molar refractivity (Wildman–Crippen MR) is 143 cm³/mol.